The van der Waals surface area contributed by atoms with E-state index < -0.39 is 0 Å². The van der Waals surface area contributed by atoms with Crippen LogP contribution in [0, 0.1) is 6.92 Å². The van der Waals surface area contributed by atoms with Crippen molar-refractivity contribution < 1.29 is 9.84 Å². The third-order valence-electron chi connectivity index (χ3n) is 2.96. The van der Waals surface area contributed by atoms with Crippen LogP contribution in [0.2, 0.25) is 0 Å². The Bertz CT molecular complexity index is 466. The van der Waals surface area contributed by atoms with E-state index in [4.69, 9.17) is 4.74 Å². The minimum absolute atomic E-state index is 0.234. The van der Waals surface area contributed by atoms with Crippen molar-refractivity contribution in [1.29, 1.82) is 0 Å². The molecule has 0 amide bonds. The van der Waals surface area contributed by atoms with E-state index in [1.54, 1.807) is 6.07 Å². The van der Waals surface area contributed by atoms with Gasteiger partial charge in [-0.1, -0.05) is 43.2 Å². The molecule has 0 spiro atoms. The van der Waals surface area contributed by atoms with E-state index in [9.17, 15) is 5.11 Å². The zero-order chi connectivity index (χ0) is 16.3. The monoisotopic (exact) mass is 290 g/mol. The number of ether oxygens (including phenoxy) is 1. The molecule has 1 N–H and O–H groups in total. The lowest BCUT2D eigenvalue weighted by Gasteiger charge is -2.08. The molecule has 1 aromatic rings. The largest absolute Gasteiger partial charge is 0.504 e. The number of rotatable bonds is 6. The van der Waals surface area contributed by atoms with Crippen LogP contribution in [0.5, 0.6) is 11.5 Å². The average molecular weight is 290 g/mol. The van der Waals surface area contributed by atoms with Crippen LogP contribution >= 0.6 is 0 Å². The van der Waals surface area contributed by atoms with Gasteiger partial charge < -0.3 is 9.84 Å². The zero-order valence-corrected chi connectivity index (χ0v) is 14.4. The molecule has 0 saturated heterocycles. The van der Waals surface area contributed by atoms with E-state index >= 15 is 0 Å². The third-order valence-corrected chi connectivity index (χ3v) is 2.96. The van der Waals surface area contributed by atoms with Gasteiger partial charge in [0, 0.05) is 0 Å². The van der Waals surface area contributed by atoms with Crippen molar-refractivity contribution in [2.24, 2.45) is 0 Å². The van der Waals surface area contributed by atoms with Crippen molar-refractivity contribution in [2.45, 2.75) is 54.4 Å². The molecule has 0 fully saturated rings. The first kappa shape index (κ1) is 19.3. The maximum atomic E-state index is 9.81. The second-order valence-electron chi connectivity index (χ2n) is 5.10. The second-order valence-corrected chi connectivity index (χ2v) is 5.10. The molecule has 1 rings (SSSR count). The number of aryl methyl sites for hydroxylation is 1. The lowest BCUT2D eigenvalue weighted by molar-refractivity contribution is 0.334. The summed E-state index contributed by atoms with van der Waals surface area (Å²) in [6.07, 6.45) is 6.43. The first-order valence-corrected chi connectivity index (χ1v) is 7.71. The minimum atomic E-state index is 0.234. The normalized spacial score (nSPS) is 10.5. The van der Waals surface area contributed by atoms with Gasteiger partial charge in [-0.2, -0.15) is 0 Å². The fourth-order valence-electron chi connectivity index (χ4n) is 1.71. The van der Waals surface area contributed by atoms with Gasteiger partial charge in [0.1, 0.15) is 6.61 Å². The quantitative estimate of drug-likeness (QED) is 0.671. The summed E-state index contributed by atoms with van der Waals surface area (Å²) in [6, 6.07) is 5.53. The summed E-state index contributed by atoms with van der Waals surface area (Å²) in [5.41, 5.74) is 3.50. The average Bonchev–Trinajstić information content (AvgIpc) is 2.45. The molecule has 0 saturated carbocycles. The highest BCUT2D eigenvalue weighted by atomic mass is 16.5. The van der Waals surface area contributed by atoms with Gasteiger partial charge in [0.25, 0.3) is 0 Å². The maximum Gasteiger partial charge on any atom is 0.161 e. The van der Waals surface area contributed by atoms with Gasteiger partial charge in [-0.3, -0.25) is 0 Å². The first-order valence-electron chi connectivity index (χ1n) is 7.71. The second kappa shape index (κ2) is 11.0. The summed E-state index contributed by atoms with van der Waals surface area (Å²) in [6.45, 7) is 12.7. The number of para-hydroxylation sites is 1. The van der Waals surface area contributed by atoms with Crippen LogP contribution in [0.1, 0.15) is 53.0 Å². The number of allylic oxidation sites excluding steroid dienone is 3. The number of hydrogen-bond acceptors (Lipinski definition) is 2. The summed E-state index contributed by atoms with van der Waals surface area (Å²) in [7, 11) is 0. The Kier molecular flexibility index (Phi) is 10.1. The number of phenols is 1. The summed E-state index contributed by atoms with van der Waals surface area (Å²) in [4.78, 5) is 0. The fraction of sp³-hybridized carbons (Fsp3) is 0.474. The van der Waals surface area contributed by atoms with E-state index in [0.717, 1.165) is 18.4 Å². The summed E-state index contributed by atoms with van der Waals surface area (Å²) in [5.74, 6) is 0.784. The van der Waals surface area contributed by atoms with E-state index in [1.807, 2.05) is 32.9 Å². The van der Waals surface area contributed by atoms with Crippen molar-refractivity contribution in [3.8, 4) is 11.5 Å². The van der Waals surface area contributed by atoms with Crippen molar-refractivity contribution in [3.05, 3.63) is 47.1 Å². The minimum Gasteiger partial charge on any atom is -0.504 e. The number of hydrogen-bond donors (Lipinski definition) is 1. The first-order chi connectivity index (χ1) is 10.0. The smallest absolute Gasteiger partial charge is 0.161 e. The van der Waals surface area contributed by atoms with Gasteiger partial charge in [0.15, 0.2) is 11.5 Å². The van der Waals surface area contributed by atoms with Gasteiger partial charge in [0.05, 0.1) is 0 Å². The molecule has 0 aliphatic rings. The van der Waals surface area contributed by atoms with Gasteiger partial charge in [0.2, 0.25) is 0 Å². The van der Waals surface area contributed by atoms with E-state index in [1.165, 1.54) is 11.1 Å². The molecule has 0 heterocycles. The van der Waals surface area contributed by atoms with Crippen molar-refractivity contribution >= 4 is 0 Å². The lowest BCUT2D eigenvalue weighted by Crippen LogP contribution is -1.95. The van der Waals surface area contributed by atoms with Gasteiger partial charge in [-0.15, -0.1) is 0 Å². The van der Waals surface area contributed by atoms with E-state index in [-0.39, 0.29) is 5.75 Å². The van der Waals surface area contributed by atoms with E-state index in [2.05, 4.69) is 32.9 Å². The molecule has 21 heavy (non-hydrogen) atoms. The fourth-order valence-corrected chi connectivity index (χ4v) is 1.71. The van der Waals surface area contributed by atoms with Crippen molar-refractivity contribution in [3.63, 3.8) is 0 Å². The van der Waals surface area contributed by atoms with Crippen LogP contribution in [0.25, 0.3) is 0 Å². The molecule has 2 nitrogen and oxygen atoms in total. The zero-order valence-electron chi connectivity index (χ0n) is 14.4. The number of phenolic OH excluding ortho intramolecular Hbond substituents is 1. The molecule has 0 aromatic heterocycles. The SMILES string of the molecule is CC.CC(C)=CCC/C(C)=C/COc1cccc(C)c1O. The Balaban J connectivity index is 0.00000191. The maximum absolute atomic E-state index is 9.81. The molecule has 2 heteroatoms. The summed E-state index contributed by atoms with van der Waals surface area (Å²) < 4.78 is 5.57. The summed E-state index contributed by atoms with van der Waals surface area (Å²) >= 11 is 0. The van der Waals surface area contributed by atoms with Crippen LogP contribution in [-0.2, 0) is 0 Å². The van der Waals surface area contributed by atoms with Crippen molar-refractivity contribution in [2.75, 3.05) is 6.61 Å². The highest BCUT2D eigenvalue weighted by molar-refractivity contribution is 5.44. The summed E-state index contributed by atoms with van der Waals surface area (Å²) in [5, 5.41) is 9.81. The molecule has 1 aromatic carbocycles. The van der Waals surface area contributed by atoms with Crippen LogP contribution in [0.4, 0.5) is 0 Å². The van der Waals surface area contributed by atoms with Gasteiger partial charge in [-0.05, 0) is 58.2 Å². The van der Waals surface area contributed by atoms with Crippen molar-refractivity contribution in [1.82, 2.24) is 0 Å². The van der Waals surface area contributed by atoms with Crippen LogP contribution in [0.3, 0.4) is 0 Å². The predicted octanol–water partition coefficient (Wildman–Crippen LogP) is 5.80. The Hall–Kier alpha value is -1.70. The molecule has 0 unspecified atom stereocenters. The van der Waals surface area contributed by atoms with Crippen LogP contribution in [0.15, 0.2) is 41.5 Å². The molecule has 0 atom stereocenters. The third kappa shape index (κ3) is 8.23. The van der Waals surface area contributed by atoms with Gasteiger partial charge >= 0.3 is 0 Å². The molecule has 0 aliphatic carbocycles. The Morgan fingerprint density at radius 3 is 2.43 bits per heavy atom. The number of aromatic hydroxyl groups is 1. The molecule has 0 aliphatic heterocycles. The molecule has 0 bridgehead atoms. The molecule has 118 valence electrons. The Morgan fingerprint density at radius 1 is 1.14 bits per heavy atom. The van der Waals surface area contributed by atoms with Gasteiger partial charge in [-0.25, -0.2) is 0 Å². The highest BCUT2D eigenvalue weighted by Gasteiger charge is 2.03. The van der Waals surface area contributed by atoms with E-state index in [0.29, 0.717) is 12.4 Å². The number of benzene rings is 1. The molecule has 0 radical (unpaired) electrons. The highest BCUT2D eigenvalue weighted by Crippen LogP contribution is 2.28. The topological polar surface area (TPSA) is 29.5 Å². The van der Waals surface area contributed by atoms with Crippen LogP contribution in [-0.4, -0.2) is 11.7 Å². The Morgan fingerprint density at radius 2 is 1.81 bits per heavy atom. The van der Waals surface area contributed by atoms with Crippen LogP contribution < -0.4 is 4.74 Å². The molecular formula is C19H30O2. The predicted molar refractivity (Wildman–Crippen MR) is 92.1 cm³/mol. The lowest BCUT2D eigenvalue weighted by atomic mass is 10.1. The standard InChI is InChI=1S/C17H24O2.C2H6/c1-13(2)7-5-8-14(3)11-12-19-16-10-6-9-15(4)17(16)18;1-2/h6-7,9-11,18H,5,8,12H2,1-4H3;1-2H3/b14-11+;. The molecular weight excluding hydrogens is 260 g/mol. The Labute approximate surface area is 130 Å².